The van der Waals surface area contributed by atoms with Gasteiger partial charge >= 0.3 is 0 Å². The van der Waals surface area contributed by atoms with Crippen molar-refractivity contribution < 1.29 is 9.47 Å². The first-order valence-corrected chi connectivity index (χ1v) is 7.97. The van der Waals surface area contributed by atoms with E-state index in [2.05, 4.69) is 0 Å². The van der Waals surface area contributed by atoms with Gasteiger partial charge in [0.2, 0.25) is 0 Å². The van der Waals surface area contributed by atoms with E-state index in [1.165, 1.54) is 0 Å². The number of ether oxygens (including phenoxy) is 2. The molecule has 0 spiro atoms. The zero-order valence-electron chi connectivity index (χ0n) is 13.3. The Morgan fingerprint density at radius 1 is 0.792 bits per heavy atom. The maximum absolute atomic E-state index is 6.10. The Morgan fingerprint density at radius 3 is 2.08 bits per heavy atom. The van der Waals surface area contributed by atoms with Crippen molar-refractivity contribution in [2.45, 2.75) is 0 Å². The third-order valence-corrected chi connectivity index (χ3v) is 3.77. The lowest BCUT2D eigenvalue weighted by Gasteiger charge is -2.11. The van der Waals surface area contributed by atoms with Crippen LogP contribution in [0, 0.1) is 0 Å². The van der Waals surface area contributed by atoms with E-state index in [4.69, 9.17) is 21.1 Å². The molecule has 0 aromatic heterocycles. The molecule has 24 heavy (non-hydrogen) atoms. The molecule has 3 aromatic rings. The Labute approximate surface area is 146 Å². The van der Waals surface area contributed by atoms with Crippen LogP contribution in [-0.2, 0) is 0 Å². The molecule has 3 rings (SSSR count). The highest BCUT2D eigenvalue weighted by molar-refractivity contribution is 6.30. The van der Waals surface area contributed by atoms with Crippen molar-refractivity contribution in [3.05, 3.63) is 95.0 Å². The lowest BCUT2D eigenvalue weighted by Crippen LogP contribution is -1.95. The van der Waals surface area contributed by atoms with E-state index in [1.54, 1.807) is 7.11 Å². The highest BCUT2D eigenvalue weighted by Gasteiger charge is 2.06. The second kappa shape index (κ2) is 7.71. The first-order valence-electron chi connectivity index (χ1n) is 7.59. The fraction of sp³-hybridized carbons (Fsp3) is 0.0476. The van der Waals surface area contributed by atoms with E-state index in [9.17, 15) is 0 Å². The van der Waals surface area contributed by atoms with Gasteiger partial charge in [-0.3, -0.25) is 0 Å². The summed E-state index contributed by atoms with van der Waals surface area (Å²) in [5.74, 6) is 2.35. The molecular weight excluding hydrogens is 320 g/mol. The zero-order chi connectivity index (χ0) is 16.8. The molecule has 0 aliphatic heterocycles. The molecule has 0 saturated heterocycles. The van der Waals surface area contributed by atoms with Gasteiger partial charge in [0.1, 0.15) is 17.3 Å². The third-order valence-electron chi connectivity index (χ3n) is 3.51. The number of halogens is 1. The highest BCUT2D eigenvalue weighted by atomic mass is 35.5. The number of hydrogen-bond acceptors (Lipinski definition) is 2. The maximum atomic E-state index is 6.10. The van der Waals surface area contributed by atoms with Gasteiger partial charge in [-0.2, -0.15) is 0 Å². The van der Waals surface area contributed by atoms with E-state index in [0.29, 0.717) is 5.02 Å². The van der Waals surface area contributed by atoms with Crippen LogP contribution in [-0.4, -0.2) is 7.11 Å². The van der Waals surface area contributed by atoms with Crippen LogP contribution in [0.2, 0.25) is 5.02 Å². The summed E-state index contributed by atoms with van der Waals surface area (Å²) in [5.41, 5.74) is 1.98. The van der Waals surface area contributed by atoms with E-state index in [-0.39, 0.29) is 0 Å². The summed E-state index contributed by atoms with van der Waals surface area (Å²) in [6, 6.07) is 25.1. The molecule has 0 atom stereocenters. The zero-order valence-corrected chi connectivity index (χ0v) is 14.0. The normalized spacial score (nSPS) is 11.2. The van der Waals surface area contributed by atoms with Gasteiger partial charge in [-0.1, -0.05) is 41.9 Å². The largest absolute Gasteiger partial charge is 0.497 e. The van der Waals surface area contributed by atoms with Gasteiger partial charge < -0.3 is 9.47 Å². The van der Waals surface area contributed by atoms with Gasteiger partial charge in [0.15, 0.2) is 0 Å². The molecule has 3 aromatic carbocycles. The number of benzene rings is 3. The van der Waals surface area contributed by atoms with Crippen LogP contribution in [0.3, 0.4) is 0 Å². The summed E-state index contributed by atoms with van der Waals surface area (Å²) < 4.78 is 11.3. The molecule has 0 aliphatic rings. The minimum atomic E-state index is 0.710. The lowest BCUT2D eigenvalue weighted by molar-refractivity contribution is 0.414. The molecule has 0 unspecified atom stereocenters. The van der Waals surface area contributed by atoms with Crippen LogP contribution in [0.1, 0.15) is 11.1 Å². The number of hydrogen-bond donors (Lipinski definition) is 0. The molecule has 0 heterocycles. The van der Waals surface area contributed by atoms with Crippen molar-refractivity contribution in [1.82, 2.24) is 0 Å². The van der Waals surface area contributed by atoms with E-state index in [0.717, 1.165) is 28.4 Å². The average molecular weight is 337 g/mol. The predicted octanol–water partition coefficient (Wildman–Crippen LogP) is 5.93. The van der Waals surface area contributed by atoms with Crippen molar-refractivity contribution in [2.75, 3.05) is 7.11 Å². The van der Waals surface area contributed by atoms with Gasteiger partial charge in [-0.25, -0.2) is 0 Å². The number of methoxy groups -OCH3 is 1. The fourth-order valence-corrected chi connectivity index (χ4v) is 2.38. The smallest absolute Gasteiger partial charge is 0.135 e. The van der Waals surface area contributed by atoms with Crippen LogP contribution in [0.4, 0.5) is 0 Å². The second-order valence-electron chi connectivity index (χ2n) is 5.20. The molecule has 0 saturated carbocycles. The Bertz CT molecular complexity index is 807. The van der Waals surface area contributed by atoms with Crippen molar-refractivity contribution in [3.8, 4) is 11.5 Å². The molecule has 2 nitrogen and oxygen atoms in total. The second-order valence-corrected chi connectivity index (χ2v) is 5.64. The molecule has 0 radical (unpaired) electrons. The van der Waals surface area contributed by atoms with Gasteiger partial charge in [-0.05, 0) is 60.2 Å². The molecule has 0 bridgehead atoms. The summed E-state index contributed by atoms with van der Waals surface area (Å²) in [4.78, 5) is 0. The fourth-order valence-electron chi connectivity index (χ4n) is 2.25. The predicted molar refractivity (Wildman–Crippen MR) is 99.4 cm³/mol. The molecule has 120 valence electrons. The van der Waals surface area contributed by atoms with Crippen LogP contribution in [0.25, 0.3) is 11.8 Å². The maximum Gasteiger partial charge on any atom is 0.135 e. The third kappa shape index (κ3) is 4.18. The van der Waals surface area contributed by atoms with Crippen LogP contribution < -0.4 is 9.47 Å². The summed E-state index contributed by atoms with van der Waals surface area (Å²) in [5, 5.41) is 0.710. The van der Waals surface area contributed by atoms with Crippen molar-refractivity contribution in [1.29, 1.82) is 0 Å². The van der Waals surface area contributed by atoms with Gasteiger partial charge in [0.05, 0.1) is 7.11 Å². The Kier molecular flexibility index (Phi) is 5.19. The lowest BCUT2D eigenvalue weighted by atomic mass is 10.1. The van der Waals surface area contributed by atoms with Crippen LogP contribution in [0.5, 0.6) is 11.5 Å². The minimum Gasteiger partial charge on any atom is -0.497 e. The Balaban J connectivity index is 1.97. The molecule has 0 amide bonds. The molecule has 0 aliphatic carbocycles. The monoisotopic (exact) mass is 336 g/mol. The first-order chi connectivity index (χ1) is 11.7. The molecule has 0 fully saturated rings. The highest BCUT2D eigenvalue weighted by Crippen LogP contribution is 2.25. The quantitative estimate of drug-likeness (QED) is 0.425. The Morgan fingerprint density at radius 2 is 1.46 bits per heavy atom. The van der Waals surface area contributed by atoms with Crippen LogP contribution in [0.15, 0.2) is 78.9 Å². The standard InChI is InChI=1S/C21H17ClO2/c1-23-19-13-9-17(10-14-19)21(24-20-5-3-2-4-6-20)15-16-7-11-18(22)12-8-16/h2-15H,1H3/b21-15-. The van der Waals surface area contributed by atoms with E-state index < -0.39 is 0 Å². The van der Waals surface area contributed by atoms with Gasteiger partial charge in [0.25, 0.3) is 0 Å². The molecule has 0 N–H and O–H groups in total. The SMILES string of the molecule is COc1ccc(/C(=C/c2ccc(Cl)cc2)Oc2ccccc2)cc1. The summed E-state index contributed by atoms with van der Waals surface area (Å²) in [7, 11) is 1.65. The topological polar surface area (TPSA) is 18.5 Å². The van der Waals surface area contributed by atoms with E-state index >= 15 is 0 Å². The average Bonchev–Trinajstić information content (AvgIpc) is 2.64. The van der Waals surface area contributed by atoms with Crippen molar-refractivity contribution >= 4 is 23.4 Å². The number of rotatable bonds is 5. The summed E-state index contributed by atoms with van der Waals surface area (Å²) in [6.07, 6.45) is 1.99. The van der Waals surface area contributed by atoms with Crippen molar-refractivity contribution in [2.24, 2.45) is 0 Å². The Hall–Kier alpha value is -2.71. The van der Waals surface area contributed by atoms with Gasteiger partial charge in [-0.15, -0.1) is 0 Å². The van der Waals surface area contributed by atoms with Crippen LogP contribution >= 0.6 is 11.6 Å². The van der Waals surface area contributed by atoms with Crippen molar-refractivity contribution in [3.63, 3.8) is 0 Å². The van der Waals surface area contributed by atoms with Gasteiger partial charge in [0, 0.05) is 10.6 Å². The minimum absolute atomic E-state index is 0.710. The first kappa shape index (κ1) is 16.2. The number of para-hydroxylation sites is 1. The summed E-state index contributed by atoms with van der Waals surface area (Å²) in [6.45, 7) is 0. The molecule has 3 heteroatoms. The summed E-state index contributed by atoms with van der Waals surface area (Å²) >= 11 is 5.96. The van der Waals surface area contributed by atoms with E-state index in [1.807, 2.05) is 84.9 Å². The molecular formula is C21H17ClO2.